The summed E-state index contributed by atoms with van der Waals surface area (Å²) in [7, 11) is 1.72. The molecular weight excluding hydrogens is 246 g/mol. The molecule has 0 aliphatic heterocycles. The molecule has 1 aromatic carbocycles. The van der Waals surface area contributed by atoms with Gasteiger partial charge in [-0.05, 0) is 13.1 Å². The van der Waals surface area contributed by atoms with Crippen molar-refractivity contribution in [2.24, 2.45) is 0 Å². The van der Waals surface area contributed by atoms with E-state index >= 15 is 0 Å². The average Bonchev–Trinajstić information content (AvgIpc) is 2.43. The van der Waals surface area contributed by atoms with Gasteiger partial charge in [-0.15, -0.1) is 0 Å². The van der Waals surface area contributed by atoms with Crippen molar-refractivity contribution in [3.05, 3.63) is 28.3 Å². The van der Waals surface area contributed by atoms with Crippen molar-refractivity contribution in [3.8, 4) is 5.75 Å². The molecule has 6 heteroatoms. The third-order valence-corrected chi connectivity index (χ3v) is 2.96. The highest BCUT2D eigenvalue weighted by atomic mass is 16.6. The fourth-order valence-electron chi connectivity index (χ4n) is 1.75. The lowest BCUT2D eigenvalue weighted by Crippen LogP contribution is -2.27. The molecule has 0 saturated carbocycles. The number of hydrogen-bond acceptors (Lipinski definition) is 5. The Morgan fingerprint density at radius 2 is 2.00 bits per heavy atom. The summed E-state index contributed by atoms with van der Waals surface area (Å²) in [5.74, 6) is 0.519. The monoisotopic (exact) mass is 267 g/mol. The second-order valence-corrected chi connectivity index (χ2v) is 4.10. The van der Waals surface area contributed by atoms with Gasteiger partial charge < -0.3 is 15.0 Å². The number of hydrogen-bond donors (Lipinski definition) is 1. The minimum absolute atomic E-state index is 0.0321. The number of benzene rings is 1. The van der Waals surface area contributed by atoms with Crippen LogP contribution in [0.5, 0.6) is 5.75 Å². The van der Waals surface area contributed by atoms with E-state index in [4.69, 9.17) is 4.74 Å². The van der Waals surface area contributed by atoms with Gasteiger partial charge in [0.2, 0.25) is 0 Å². The van der Waals surface area contributed by atoms with E-state index in [1.165, 1.54) is 12.1 Å². The van der Waals surface area contributed by atoms with Gasteiger partial charge >= 0.3 is 0 Å². The van der Waals surface area contributed by atoms with Crippen LogP contribution in [0.4, 0.5) is 11.4 Å². The molecule has 0 spiro atoms. The van der Waals surface area contributed by atoms with Gasteiger partial charge in [-0.1, -0.05) is 13.8 Å². The number of nitrogens with one attached hydrogen (secondary N) is 1. The van der Waals surface area contributed by atoms with Crippen molar-refractivity contribution in [3.63, 3.8) is 0 Å². The topological polar surface area (TPSA) is 67.6 Å². The Bertz CT molecular complexity index is 420. The van der Waals surface area contributed by atoms with Crippen LogP contribution in [0.2, 0.25) is 0 Å². The summed E-state index contributed by atoms with van der Waals surface area (Å²) in [4.78, 5) is 12.6. The van der Waals surface area contributed by atoms with Crippen LogP contribution in [0.15, 0.2) is 18.2 Å². The summed E-state index contributed by atoms with van der Waals surface area (Å²) in [6.45, 7) is 7.45. The Balaban J connectivity index is 2.67. The molecule has 0 bridgehead atoms. The lowest BCUT2D eigenvalue weighted by Gasteiger charge is -2.18. The van der Waals surface area contributed by atoms with Crippen molar-refractivity contribution in [2.45, 2.75) is 13.8 Å². The lowest BCUT2D eigenvalue weighted by molar-refractivity contribution is -0.384. The van der Waals surface area contributed by atoms with E-state index in [1.54, 1.807) is 13.1 Å². The molecule has 0 heterocycles. The van der Waals surface area contributed by atoms with Crippen molar-refractivity contribution < 1.29 is 9.66 Å². The molecule has 0 radical (unpaired) electrons. The standard InChI is InChI=1S/C13H21N3O3/c1-4-15(5-2)6-7-19-13-9-11(14-3)8-12(10-13)16(17)18/h8-10,14H,4-7H2,1-3H3. The summed E-state index contributed by atoms with van der Waals surface area (Å²) in [5.41, 5.74) is 0.705. The van der Waals surface area contributed by atoms with E-state index < -0.39 is 4.92 Å². The van der Waals surface area contributed by atoms with Crippen LogP contribution in [-0.4, -0.2) is 43.1 Å². The van der Waals surface area contributed by atoms with Crippen LogP contribution >= 0.6 is 0 Å². The van der Waals surface area contributed by atoms with E-state index in [0.717, 1.165) is 19.6 Å². The van der Waals surface area contributed by atoms with Crippen molar-refractivity contribution in [1.82, 2.24) is 4.90 Å². The van der Waals surface area contributed by atoms with Gasteiger partial charge in [0.25, 0.3) is 5.69 Å². The molecule has 6 nitrogen and oxygen atoms in total. The van der Waals surface area contributed by atoms with E-state index in [-0.39, 0.29) is 5.69 Å². The molecule has 1 rings (SSSR count). The predicted molar refractivity (Wildman–Crippen MR) is 75.9 cm³/mol. The highest BCUT2D eigenvalue weighted by molar-refractivity contribution is 5.55. The number of rotatable bonds is 8. The van der Waals surface area contributed by atoms with Gasteiger partial charge in [-0.2, -0.15) is 0 Å². The fraction of sp³-hybridized carbons (Fsp3) is 0.538. The second kappa shape index (κ2) is 7.58. The summed E-state index contributed by atoms with van der Waals surface area (Å²) >= 11 is 0. The van der Waals surface area contributed by atoms with Crippen LogP contribution < -0.4 is 10.1 Å². The quantitative estimate of drug-likeness (QED) is 0.578. The fourth-order valence-corrected chi connectivity index (χ4v) is 1.75. The van der Waals surface area contributed by atoms with Crippen LogP contribution in [0.3, 0.4) is 0 Å². The zero-order valence-electron chi connectivity index (χ0n) is 11.7. The first-order chi connectivity index (χ1) is 9.10. The van der Waals surface area contributed by atoms with Gasteiger partial charge in [0.05, 0.1) is 11.0 Å². The highest BCUT2D eigenvalue weighted by Crippen LogP contribution is 2.25. The molecule has 0 unspecified atom stereocenters. The molecule has 1 N–H and O–H groups in total. The van der Waals surface area contributed by atoms with Gasteiger partial charge in [0.15, 0.2) is 0 Å². The first-order valence-electron chi connectivity index (χ1n) is 6.43. The van der Waals surface area contributed by atoms with E-state index in [9.17, 15) is 10.1 Å². The van der Waals surface area contributed by atoms with Crippen molar-refractivity contribution in [2.75, 3.05) is 38.6 Å². The SMILES string of the molecule is CCN(CC)CCOc1cc(NC)cc([N+](=O)[O-])c1. The third-order valence-electron chi connectivity index (χ3n) is 2.96. The predicted octanol–water partition coefficient (Wildman–Crippen LogP) is 2.36. The molecule has 0 fully saturated rings. The van der Waals surface area contributed by atoms with Gasteiger partial charge in [0.1, 0.15) is 12.4 Å². The number of anilines is 1. The third kappa shape index (κ3) is 4.75. The Labute approximate surface area is 113 Å². The summed E-state index contributed by atoms with van der Waals surface area (Å²) in [6.07, 6.45) is 0. The Morgan fingerprint density at radius 1 is 1.32 bits per heavy atom. The average molecular weight is 267 g/mol. The van der Waals surface area contributed by atoms with Crippen LogP contribution in [-0.2, 0) is 0 Å². The second-order valence-electron chi connectivity index (χ2n) is 4.10. The molecule has 0 aliphatic rings. The van der Waals surface area contributed by atoms with Gasteiger partial charge in [0, 0.05) is 31.4 Å². The number of ether oxygens (including phenoxy) is 1. The van der Waals surface area contributed by atoms with Crippen LogP contribution in [0.1, 0.15) is 13.8 Å². The Hall–Kier alpha value is -1.82. The summed E-state index contributed by atoms with van der Waals surface area (Å²) in [5, 5.41) is 13.7. The smallest absolute Gasteiger partial charge is 0.275 e. The molecule has 0 aromatic heterocycles. The number of nitro groups is 1. The van der Waals surface area contributed by atoms with Gasteiger partial charge in [-0.3, -0.25) is 10.1 Å². The molecule has 0 amide bonds. The molecule has 0 atom stereocenters. The highest BCUT2D eigenvalue weighted by Gasteiger charge is 2.10. The van der Waals surface area contributed by atoms with E-state index in [1.807, 2.05) is 0 Å². The Kier molecular flexibility index (Phi) is 6.08. The Morgan fingerprint density at radius 3 is 2.53 bits per heavy atom. The zero-order valence-corrected chi connectivity index (χ0v) is 11.7. The number of non-ortho nitro benzene ring substituents is 1. The van der Waals surface area contributed by atoms with Crippen LogP contribution in [0, 0.1) is 10.1 Å². The maximum Gasteiger partial charge on any atom is 0.275 e. The van der Waals surface area contributed by atoms with Gasteiger partial charge in [-0.25, -0.2) is 0 Å². The van der Waals surface area contributed by atoms with Crippen molar-refractivity contribution >= 4 is 11.4 Å². The molecule has 19 heavy (non-hydrogen) atoms. The normalized spacial score (nSPS) is 10.5. The van der Waals surface area contributed by atoms with E-state index in [2.05, 4.69) is 24.1 Å². The maximum atomic E-state index is 10.8. The lowest BCUT2D eigenvalue weighted by atomic mass is 10.2. The van der Waals surface area contributed by atoms with E-state index in [0.29, 0.717) is 18.0 Å². The number of likely N-dealkylation sites (N-methyl/N-ethyl adjacent to an activating group) is 1. The largest absolute Gasteiger partial charge is 0.492 e. The molecule has 0 aliphatic carbocycles. The van der Waals surface area contributed by atoms with Crippen LogP contribution in [0.25, 0.3) is 0 Å². The first kappa shape index (κ1) is 15.2. The zero-order chi connectivity index (χ0) is 14.3. The first-order valence-corrected chi connectivity index (χ1v) is 6.43. The number of nitro benzene ring substituents is 1. The minimum Gasteiger partial charge on any atom is -0.492 e. The minimum atomic E-state index is -0.419. The number of nitrogens with zero attached hydrogens (tertiary/aromatic N) is 2. The summed E-state index contributed by atoms with van der Waals surface area (Å²) < 4.78 is 5.59. The maximum absolute atomic E-state index is 10.8. The summed E-state index contributed by atoms with van der Waals surface area (Å²) in [6, 6.07) is 4.69. The molecular formula is C13H21N3O3. The molecule has 0 saturated heterocycles. The van der Waals surface area contributed by atoms with Crippen molar-refractivity contribution in [1.29, 1.82) is 0 Å². The molecule has 1 aromatic rings. The molecule has 106 valence electrons.